The molecule has 0 radical (unpaired) electrons. The summed E-state index contributed by atoms with van der Waals surface area (Å²) in [7, 11) is 0. The van der Waals surface area contributed by atoms with Crippen LogP contribution < -0.4 is 4.90 Å². The molecule has 2 aromatic heterocycles. The van der Waals surface area contributed by atoms with Crippen molar-refractivity contribution >= 4 is 28.7 Å². The Kier molecular flexibility index (Phi) is 4.83. The minimum absolute atomic E-state index is 0.100. The molecule has 1 saturated carbocycles. The Hall–Kier alpha value is -3.72. The second-order valence-electron chi connectivity index (χ2n) is 9.38. The highest BCUT2D eigenvalue weighted by atomic mass is 16.2. The average Bonchev–Trinajstić information content (AvgIpc) is 3.09. The molecule has 2 unspecified atom stereocenters. The maximum absolute atomic E-state index is 13.3. The van der Waals surface area contributed by atoms with E-state index < -0.39 is 0 Å². The van der Waals surface area contributed by atoms with Crippen LogP contribution in [0.25, 0.3) is 17.0 Å². The molecule has 4 heterocycles. The molecule has 0 N–H and O–H groups in total. The van der Waals surface area contributed by atoms with Gasteiger partial charge < -0.3 is 9.80 Å². The second-order valence-corrected chi connectivity index (χ2v) is 9.38. The van der Waals surface area contributed by atoms with Gasteiger partial charge in [-0.3, -0.25) is 9.78 Å². The van der Waals surface area contributed by atoms with Crippen LogP contribution in [0.4, 0.5) is 5.82 Å². The third kappa shape index (κ3) is 3.54. The van der Waals surface area contributed by atoms with Crippen molar-refractivity contribution in [2.75, 3.05) is 18.0 Å². The van der Waals surface area contributed by atoms with Crippen molar-refractivity contribution < 1.29 is 4.79 Å². The highest BCUT2D eigenvalue weighted by molar-refractivity contribution is 5.89. The van der Waals surface area contributed by atoms with E-state index in [0.717, 1.165) is 55.5 Å². The number of nitrogens with zero attached hydrogens (tertiary/aromatic N) is 5. The van der Waals surface area contributed by atoms with E-state index >= 15 is 0 Å². The monoisotopic (exact) mass is 435 g/mol. The number of hydrogen-bond acceptors (Lipinski definition) is 5. The van der Waals surface area contributed by atoms with Gasteiger partial charge in [-0.15, -0.1) is 0 Å². The van der Waals surface area contributed by atoms with Crippen LogP contribution in [-0.2, 0) is 4.79 Å². The lowest BCUT2D eigenvalue weighted by Gasteiger charge is -2.44. The first-order chi connectivity index (χ1) is 16.2. The predicted molar refractivity (Wildman–Crippen MR) is 127 cm³/mol. The van der Waals surface area contributed by atoms with Crippen LogP contribution in [0.2, 0.25) is 0 Å². The third-order valence-electron chi connectivity index (χ3n) is 7.34. The highest BCUT2D eigenvalue weighted by Gasteiger charge is 2.44. The smallest absolute Gasteiger partial charge is 0.226 e. The number of benzene rings is 1. The van der Waals surface area contributed by atoms with Crippen molar-refractivity contribution in [1.29, 1.82) is 5.26 Å². The summed E-state index contributed by atoms with van der Waals surface area (Å²) in [5.41, 5.74) is 4.11. The number of fused-ring (bicyclic) bond motifs is 3. The van der Waals surface area contributed by atoms with E-state index in [2.05, 4.69) is 44.0 Å². The van der Waals surface area contributed by atoms with Crippen molar-refractivity contribution in [2.24, 2.45) is 5.92 Å². The molecule has 2 saturated heterocycles. The second kappa shape index (κ2) is 8.00. The van der Waals surface area contributed by atoms with E-state index in [-0.39, 0.29) is 5.92 Å². The number of aromatic nitrogens is 2. The van der Waals surface area contributed by atoms with Crippen LogP contribution in [0.1, 0.15) is 36.8 Å². The number of likely N-dealkylation sites (tertiary alicyclic amines) is 1. The summed E-state index contributed by atoms with van der Waals surface area (Å²) in [6.07, 6.45) is 9.57. The number of pyridine rings is 2. The first kappa shape index (κ1) is 19.9. The number of amides is 1. The molecule has 6 nitrogen and oxygen atoms in total. The quantitative estimate of drug-likeness (QED) is 0.617. The van der Waals surface area contributed by atoms with Gasteiger partial charge in [-0.05, 0) is 55.5 Å². The molecule has 1 amide bonds. The normalized spacial score (nSPS) is 23.8. The van der Waals surface area contributed by atoms with Crippen molar-refractivity contribution in [3.8, 4) is 6.07 Å². The van der Waals surface area contributed by atoms with Gasteiger partial charge in [-0.25, -0.2) is 4.98 Å². The van der Waals surface area contributed by atoms with E-state index in [0.29, 0.717) is 23.6 Å². The van der Waals surface area contributed by atoms with Crippen LogP contribution in [0, 0.1) is 17.2 Å². The molecular weight excluding hydrogens is 410 g/mol. The summed E-state index contributed by atoms with van der Waals surface area (Å²) in [6, 6.07) is 16.8. The minimum Gasteiger partial charge on any atom is -0.347 e. The number of hydrogen-bond donors (Lipinski definition) is 0. The SMILES string of the molecule is N#Cc1ccc(N2C3CCC2CN(C(=O)C2CC(=Cc4cccc5ncccc45)C2)C3)nc1. The molecule has 6 heteroatoms. The molecule has 1 aromatic carbocycles. The molecule has 2 atom stereocenters. The lowest BCUT2D eigenvalue weighted by Crippen LogP contribution is -2.57. The van der Waals surface area contributed by atoms with E-state index in [1.54, 1.807) is 6.20 Å². The number of allylic oxidation sites excluding steroid dienone is 1. The maximum atomic E-state index is 13.3. The molecule has 6 rings (SSSR count). The van der Waals surface area contributed by atoms with E-state index in [4.69, 9.17) is 5.26 Å². The Labute approximate surface area is 193 Å². The number of anilines is 1. The van der Waals surface area contributed by atoms with Gasteiger partial charge in [0.05, 0.1) is 11.1 Å². The van der Waals surface area contributed by atoms with Crippen LogP contribution in [0.5, 0.6) is 0 Å². The van der Waals surface area contributed by atoms with Crippen molar-refractivity contribution in [3.63, 3.8) is 0 Å². The average molecular weight is 436 g/mol. The first-order valence-electron chi connectivity index (χ1n) is 11.7. The summed E-state index contributed by atoms with van der Waals surface area (Å²) < 4.78 is 0. The third-order valence-corrected chi connectivity index (χ3v) is 7.34. The fourth-order valence-corrected chi connectivity index (χ4v) is 5.66. The fourth-order valence-electron chi connectivity index (χ4n) is 5.66. The Morgan fingerprint density at radius 2 is 1.85 bits per heavy atom. The van der Waals surface area contributed by atoms with Crippen molar-refractivity contribution in [2.45, 2.75) is 37.8 Å². The van der Waals surface area contributed by atoms with Crippen molar-refractivity contribution in [3.05, 3.63) is 71.6 Å². The Morgan fingerprint density at radius 3 is 2.58 bits per heavy atom. The van der Waals surface area contributed by atoms with Gasteiger partial charge >= 0.3 is 0 Å². The lowest BCUT2D eigenvalue weighted by atomic mass is 9.78. The van der Waals surface area contributed by atoms with Gasteiger partial charge in [-0.2, -0.15) is 5.26 Å². The van der Waals surface area contributed by atoms with Crippen LogP contribution in [0.3, 0.4) is 0 Å². The molecular formula is C27H25N5O. The summed E-state index contributed by atoms with van der Waals surface area (Å²) in [6.45, 7) is 1.53. The molecule has 1 aliphatic carbocycles. The van der Waals surface area contributed by atoms with Gasteiger partial charge in [0, 0.05) is 48.9 Å². The zero-order valence-electron chi connectivity index (χ0n) is 18.4. The van der Waals surface area contributed by atoms with Gasteiger partial charge in [0.15, 0.2) is 0 Å². The van der Waals surface area contributed by atoms with E-state index in [1.165, 1.54) is 11.1 Å². The molecule has 33 heavy (non-hydrogen) atoms. The van der Waals surface area contributed by atoms with Gasteiger partial charge in [0.25, 0.3) is 0 Å². The number of piperazine rings is 1. The highest BCUT2D eigenvalue weighted by Crippen LogP contribution is 2.39. The van der Waals surface area contributed by atoms with Gasteiger partial charge in [-0.1, -0.05) is 29.8 Å². The summed E-state index contributed by atoms with van der Waals surface area (Å²) in [5.74, 6) is 1.33. The standard InChI is InChI=1S/C27H25N5O/c28-14-18-6-9-26(30-15-18)32-22-7-8-23(32)17-31(16-22)27(33)21-12-19(13-21)11-20-3-1-5-25-24(20)4-2-10-29-25/h1-6,9-11,15,21-23H,7-8,12-13,16-17H2. The molecule has 164 valence electrons. The lowest BCUT2D eigenvalue weighted by molar-refractivity contribution is -0.137. The fraction of sp³-hybridized carbons (Fsp3) is 0.333. The van der Waals surface area contributed by atoms with Crippen LogP contribution in [-0.4, -0.2) is 45.9 Å². The molecule has 0 spiro atoms. The van der Waals surface area contributed by atoms with Gasteiger partial charge in [0.2, 0.25) is 5.91 Å². The molecule has 3 aromatic rings. The molecule has 2 bridgehead atoms. The van der Waals surface area contributed by atoms with Crippen LogP contribution >= 0.6 is 0 Å². The zero-order chi connectivity index (χ0) is 22.4. The Morgan fingerprint density at radius 1 is 1.03 bits per heavy atom. The first-order valence-corrected chi connectivity index (χ1v) is 11.7. The maximum Gasteiger partial charge on any atom is 0.226 e. The van der Waals surface area contributed by atoms with Crippen molar-refractivity contribution in [1.82, 2.24) is 14.9 Å². The number of carbonyl (C=O) groups excluding carboxylic acids is 1. The largest absolute Gasteiger partial charge is 0.347 e. The summed E-state index contributed by atoms with van der Waals surface area (Å²) in [4.78, 5) is 26.7. The number of carbonyl (C=O) groups is 1. The zero-order valence-corrected chi connectivity index (χ0v) is 18.4. The summed E-state index contributed by atoms with van der Waals surface area (Å²) in [5, 5.41) is 10.2. The van der Waals surface area contributed by atoms with Crippen LogP contribution in [0.15, 0.2) is 60.4 Å². The molecule has 2 aliphatic heterocycles. The molecule has 3 aliphatic rings. The molecule has 3 fully saturated rings. The van der Waals surface area contributed by atoms with E-state index in [1.807, 2.05) is 36.5 Å². The number of rotatable bonds is 3. The number of nitriles is 1. The Balaban J connectivity index is 1.11. The predicted octanol–water partition coefficient (Wildman–Crippen LogP) is 4.17. The topological polar surface area (TPSA) is 73.1 Å². The summed E-state index contributed by atoms with van der Waals surface area (Å²) >= 11 is 0. The van der Waals surface area contributed by atoms with Gasteiger partial charge in [0.1, 0.15) is 11.9 Å². The minimum atomic E-state index is 0.100. The van der Waals surface area contributed by atoms with E-state index in [9.17, 15) is 4.79 Å². The Bertz CT molecular complexity index is 1260.